The van der Waals surface area contributed by atoms with E-state index in [0.717, 1.165) is 17.0 Å². The molecule has 1 rings (SSSR count). The summed E-state index contributed by atoms with van der Waals surface area (Å²) in [5, 5.41) is 8.64. The van der Waals surface area contributed by atoms with Crippen molar-refractivity contribution in [1.82, 2.24) is 4.98 Å². The number of carbonyl (C=O) groups is 1. The van der Waals surface area contributed by atoms with E-state index in [1.165, 1.54) is 0 Å². The van der Waals surface area contributed by atoms with Crippen molar-refractivity contribution in [3.63, 3.8) is 0 Å². The molecule has 1 heterocycles. The molecule has 3 nitrogen and oxygen atoms in total. The third kappa shape index (κ3) is 2.55. The SMILES string of the molecule is Cc1nc(C(C)C)ccc1CC(=O)O. The molecule has 0 aliphatic heterocycles. The number of aromatic nitrogens is 1. The summed E-state index contributed by atoms with van der Waals surface area (Å²) in [6, 6.07) is 3.75. The van der Waals surface area contributed by atoms with Gasteiger partial charge < -0.3 is 5.11 Å². The maximum Gasteiger partial charge on any atom is 0.307 e. The number of aliphatic carboxylic acids is 1. The van der Waals surface area contributed by atoms with Gasteiger partial charge in [-0.05, 0) is 24.5 Å². The lowest BCUT2D eigenvalue weighted by Gasteiger charge is -2.08. The predicted octanol–water partition coefficient (Wildman–Crippen LogP) is 2.14. The minimum atomic E-state index is -0.813. The molecule has 3 heteroatoms. The second-order valence-electron chi connectivity index (χ2n) is 3.71. The molecule has 1 aromatic heterocycles. The second kappa shape index (κ2) is 4.22. The Morgan fingerprint density at radius 1 is 1.50 bits per heavy atom. The zero-order valence-corrected chi connectivity index (χ0v) is 8.74. The van der Waals surface area contributed by atoms with Crippen molar-refractivity contribution in [2.45, 2.75) is 33.1 Å². The Morgan fingerprint density at radius 3 is 2.57 bits per heavy atom. The Balaban J connectivity index is 2.95. The highest BCUT2D eigenvalue weighted by atomic mass is 16.4. The molecule has 76 valence electrons. The van der Waals surface area contributed by atoms with Crippen LogP contribution < -0.4 is 0 Å². The molecule has 0 saturated heterocycles. The van der Waals surface area contributed by atoms with E-state index in [-0.39, 0.29) is 6.42 Å². The third-order valence-corrected chi connectivity index (χ3v) is 2.15. The van der Waals surface area contributed by atoms with E-state index in [2.05, 4.69) is 18.8 Å². The lowest BCUT2D eigenvalue weighted by molar-refractivity contribution is -0.136. The van der Waals surface area contributed by atoms with Gasteiger partial charge in [0.15, 0.2) is 0 Å². The number of hydrogen-bond donors (Lipinski definition) is 1. The molecule has 0 radical (unpaired) electrons. The van der Waals surface area contributed by atoms with Crippen LogP contribution in [-0.4, -0.2) is 16.1 Å². The predicted molar refractivity (Wildman–Crippen MR) is 54.4 cm³/mol. The topological polar surface area (TPSA) is 50.2 Å². The van der Waals surface area contributed by atoms with Gasteiger partial charge in [-0.15, -0.1) is 0 Å². The monoisotopic (exact) mass is 193 g/mol. The summed E-state index contributed by atoms with van der Waals surface area (Å²) in [5.41, 5.74) is 2.62. The first-order chi connectivity index (χ1) is 6.50. The molecule has 0 atom stereocenters. The summed E-state index contributed by atoms with van der Waals surface area (Å²) in [6.07, 6.45) is 0.0528. The number of carboxylic acids is 1. The van der Waals surface area contributed by atoms with Gasteiger partial charge in [0.2, 0.25) is 0 Å². The lowest BCUT2D eigenvalue weighted by Crippen LogP contribution is -2.05. The van der Waals surface area contributed by atoms with Crippen molar-refractivity contribution in [2.75, 3.05) is 0 Å². The van der Waals surface area contributed by atoms with E-state index in [4.69, 9.17) is 5.11 Å². The van der Waals surface area contributed by atoms with Crippen LogP contribution in [0.4, 0.5) is 0 Å². The minimum Gasteiger partial charge on any atom is -0.481 e. The standard InChI is InChI=1S/C11H15NO2/c1-7(2)10-5-4-9(6-11(13)14)8(3)12-10/h4-5,7H,6H2,1-3H3,(H,13,14). The Labute approximate surface area is 83.8 Å². The Hall–Kier alpha value is -1.38. The van der Waals surface area contributed by atoms with Gasteiger partial charge >= 0.3 is 5.97 Å². The normalized spacial score (nSPS) is 10.6. The van der Waals surface area contributed by atoms with Crippen LogP contribution in [-0.2, 0) is 11.2 Å². The highest BCUT2D eigenvalue weighted by molar-refractivity contribution is 5.70. The fourth-order valence-corrected chi connectivity index (χ4v) is 1.28. The molecule has 0 saturated carbocycles. The largest absolute Gasteiger partial charge is 0.481 e. The molecule has 0 amide bonds. The summed E-state index contributed by atoms with van der Waals surface area (Å²) >= 11 is 0. The summed E-state index contributed by atoms with van der Waals surface area (Å²) in [7, 11) is 0. The van der Waals surface area contributed by atoms with Crippen LogP contribution in [0.5, 0.6) is 0 Å². The van der Waals surface area contributed by atoms with Crippen LogP contribution in [0.3, 0.4) is 0 Å². The van der Waals surface area contributed by atoms with E-state index in [1.54, 1.807) is 0 Å². The quantitative estimate of drug-likeness (QED) is 0.800. The number of aryl methyl sites for hydroxylation is 1. The molecule has 0 spiro atoms. The third-order valence-electron chi connectivity index (χ3n) is 2.15. The summed E-state index contributed by atoms with van der Waals surface area (Å²) < 4.78 is 0. The average molecular weight is 193 g/mol. The van der Waals surface area contributed by atoms with Gasteiger partial charge in [-0.2, -0.15) is 0 Å². The van der Waals surface area contributed by atoms with Gasteiger partial charge in [-0.1, -0.05) is 19.9 Å². The summed E-state index contributed by atoms with van der Waals surface area (Å²) in [5.74, 6) is -0.431. The van der Waals surface area contributed by atoms with Gasteiger partial charge in [0, 0.05) is 11.4 Å². The van der Waals surface area contributed by atoms with Crippen molar-refractivity contribution in [2.24, 2.45) is 0 Å². The molecular formula is C11H15NO2. The van der Waals surface area contributed by atoms with Gasteiger partial charge in [-0.25, -0.2) is 0 Å². The van der Waals surface area contributed by atoms with Crippen molar-refractivity contribution >= 4 is 5.97 Å². The number of carboxylic acid groups (broad SMARTS) is 1. The minimum absolute atomic E-state index is 0.0528. The second-order valence-corrected chi connectivity index (χ2v) is 3.71. The average Bonchev–Trinajstić information content (AvgIpc) is 2.07. The first-order valence-corrected chi connectivity index (χ1v) is 4.69. The van der Waals surface area contributed by atoms with Crippen molar-refractivity contribution < 1.29 is 9.90 Å². The zero-order valence-electron chi connectivity index (χ0n) is 8.74. The van der Waals surface area contributed by atoms with Crippen LogP contribution >= 0.6 is 0 Å². The first-order valence-electron chi connectivity index (χ1n) is 4.69. The van der Waals surface area contributed by atoms with E-state index in [0.29, 0.717) is 5.92 Å². The molecule has 0 aliphatic rings. The maximum absolute atomic E-state index is 10.5. The number of nitrogens with zero attached hydrogens (tertiary/aromatic N) is 1. The van der Waals surface area contributed by atoms with E-state index >= 15 is 0 Å². The fourth-order valence-electron chi connectivity index (χ4n) is 1.28. The van der Waals surface area contributed by atoms with Crippen LogP contribution in [0, 0.1) is 6.92 Å². The number of hydrogen-bond acceptors (Lipinski definition) is 2. The van der Waals surface area contributed by atoms with Gasteiger partial charge in [0.25, 0.3) is 0 Å². The fraction of sp³-hybridized carbons (Fsp3) is 0.455. The molecule has 1 aromatic rings. The van der Waals surface area contributed by atoms with Crippen LogP contribution in [0.2, 0.25) is 0 Å². The van der Waals surface area contributed by atoms with Crippen LogP contribution in [0.1, 0.15) is 36.7 Å². The number of pyridine rings is 1. The maximum atomic E-state index is 10.5. The lowest BCUT2D eigenvalue weighted by atomic mass is 10.1. The van der Waals surface area contributed by atoms with Crippen molar-refractivity contribution in [3.8, 4) is 0 Å². The highest BCUT2D eigenvalue weighted by Gasteiger charge is 2.07. The molecule has 0 bridgehead atoms. The van der Waals surface area contributed by atoms with Crippen LogP contribution in [0.15, 0.2) is 12.1 Å². The van der Waals surface area contributed by atoms with Gasteiger partial charge in [0.05, 0.1) is 6.42 Å². The zero-order chi connectivity index (χ0) is 10.7. The van der Waals surface area contributed by atoms with Crippen molar-refractivity contribution in [1.29, 1.82) is 0 Å². The highest BCUT2D eigenvalue weighted by Crippen LogP contribution is 2.14. The van der Waals surface area contributed by atoms with E-state index < -0.39 is 5.97 Å². The van der Waals surface area contributed by atoms with E-state index in [1.807, 2.05) is 19.1 Å². The van der Waals surface area contributed by atoms with Crippen molar-refractivity contribution in [3.05, 3.63) is 29.1 Å². The Morgan fingerprint density at radius 2 is 2.14 bits per heavy atom. The van der Waals surface area contributed by atoms with Gasteiger partial charge in [-0.3, -0.25) is 9.78 Å². The Kier molecular flexibility index (Phi) is 3.23. The molecule has 0 aromatic carbocycles. The Bertz CT molecular complexity index is 345. The summed E-state index contributed by atoms with van der Waals surface area (Å²) in [6.45, 7) is 5.99. The molecule has 0 unspecified atom stereocenters. The first kappa shape index (κ1) is 10.7. The summed E-state index contributed by atoms with van der Waals surface area (Å²) in [4.78, 5) is 14.9. The van der Waals surface area contributed by atoms with E-state index in [9.17, 15) is 4.79 Å². The number of rotatable bonds is 3. The van der Waals surface area contributed by atoms with Crippen LogP contribution in [0.25, 0.3) is 0 Å². The molecular weight excluding hydrogens is 178 g/mol. The molecule has 1 N–H and O–H groups in total. The molecule has 14 heavy (non-hydrogen) atoms. The molecule has 0 fully saturated rings. The molecule has 0 aliphatic carbocycles. The van der Waals surface area contributed by atoms with Gasteiger partial charge in [0.1, 0.15) is 0 Å². The smallest absolute Gasteiger partial charge is 0.307 e.